The lowest BCUT2D eigenvalue weighted by Crippen LogP contribution is -2.41. The molecule has 2 heterocycles. The van der Waals surface area contributed by atoms with Crippen LogP contribution in [0.1, 0.15) is 63.2 Å². The second-order valence-electron chi connectivity index (χ2n) is 7.59. The number of nitrogens with one attached hydrogen (secondary N) is 2. The lowest BCUT2D eigenvalue weighted by molar-refractivity contribution is 0.00578. The van der Waals surface area contributed by atoms with Gasteiger partial charge in [-0.1, -0.05) is 43.7 Å². The molecule has 0 spiro atoms. The molecule has 0 unspecified atom stereocenters. The van der Waals surface area contributed by atoms with Gasteiger partial charge in [0.05, 0.1) is 11.2 Å². The Morgan fingerprint density at radius 1 is 1.07 bits per heavy atom. The standard InChI is InChI=1S/C19H25BN2O3.C2H6/c1-13-7-6-8-14(11-13)12-21-17(23)15-9-10-16(22-15)20-24-18(2,3)19(4,5)25-20;1-2/h6-11,22H,12H2,1-5H3,(H,21,23);1-2H3. The van der Waals surface area contributed by atoms with Crippen LogP contribution in [0.2, 0.25) is 0 Å². The van der Waals surface area contributed by atoms with Crippen LogP contribution in [0.3, 0.4) is 0 Å². The maximum atomic E-state index is 12.4. The van der Waals surface area contributed by atoms with Gasteiger partial charge in [-0.25, -0.2) is 0 Å². The molecule has 6 heteroatoms. The minimum Gasteiger partial charge on any atom is -0.398 e. The van der Waals surface area contributed by atoms with Crippen molar-refractivity contribution < 1.29 is 14.1 Å². The minimum atomic E-state index is -0.497. The van der Waals surface area contributed by atoms with Crippen LogP contribution in [0.25, 0.3) is 0 Å². The average molecular weight is 370 g/mol. The molecular weight excluding hydrogens is 339 g/mol. The van der Waals surface area contributed by atoms with E-state index < -0.39 is 18.3 Å². The van der Waals surface area contributed by atoms with E-state index in [2.05, 4.69) is 16.4 Å². The molecule has 0 aliphatic carbocycles. The van der Waals surface area contributed by atoms with E-state index in [9.17, 15) is 4.79 Å². The Hall–Kier alpha value is -2.05. The molecule has 1 aliphatic rings. The third-order valence-electron chi connectivity index (χ3n) is 5.00. The highest BCUT2D eigenvalue weighted by molar-refractivity contribution is 6.61. The van der Waals surface area contributed by atoms with Gasteiger partial charge in [0.15, 0.2) is 0 Å². The van der Waals surface area contributed by atoms with Gasteiger partial charge in [-0.2, -0.15) is 0 Å². The van der Waals surface area contributed by atoms with E-state index in [0.29, 0.717) is 12.2 Å². The van der Waals surface area contributed by atoms with Crippen molar-refractivity contribution in [2.24, 2.45) is 0 Å². The first-order chi connectivity index (χ1) is 12.7. The number of rotatable bonds is 4. The SMILES string of the molecule is CC.Cc1cccc(CNC(=O)c2ccc(B3OC(C)(C)C(C)(C)O3)[nH]2)c1. The molecule has 2 N–H and O–H groups in total. The summed E-state index contributed by atoms with van der Waals surface area (Å²) in [6, 6.07) is 11.7. The highest BCUT2D eigenvalue weighted by Crippen LogP contribution is 2.36. The normalized spacial score (nSPS) is 17.2. The molecule has 1 aromatic carbocycles. The second-order valence-corrected chi connectivity index (χ2v) is 7.59. The summed E-state index contributed by atoms with van der Waals surface area (Å²) in [5.74, 6) is -0.149. The molecule has 1 aliphatic heterocycles. The summed E-state index contributed by atoms with van der Waals surface area (Å²) in [5, 5.41) is 2.93. The minimum absolute atomic E-state index is 0.149. The van der Waals surface area contributed by atoms with Crippen LogP contribution in [0.15, 0.2) is 36.4 Å². The first-order valence-electron chi connectivity index (χ1n) is 9.56. The van der Waals surface area contributed by atoms with Crippen LogP contribution < -0.4 is 10.9 Å². The van der Waals surface area contributed by atoms with Gasteiger partial charge < -0.3 is 19.6 Å². The molecule has 1 amide bonds. The van der Waals surface area contributed by atoms with Gasteiger partial charge >= 0.3 is 7.12 Å². The summed E-state index contributed by atoms with van der Waals surface area (Å²) in [5.41, 5.74) is 2.68. The molecule has 0 atom stereocenters. The molecule has 1 saturated heterocycles. The molecule has 0 saturated carbocycles. The Kier molecular flexibility index (Phi) is 6.55. The van der Waals surface area contributed by atoms with E-state index in [1.165, 1.54) is 5.56 Å². The van der Waals surface area contributed by atoms with Gasteiger partial charge in [0.25, 0.3) is 5.91 Å². The molecule has 0 bridgehead atoms. The highest BCUT2D eigenvalue weighted by atomic mass is 16.7. The Morgan fingerprint density at radius 3 is 2.30 bits per heavy atom. The zero-order valence-electron chi connectivity index (χ0n) is 17.5. The zero-order valence-corrected chi connectivity index (χ0v) is 17.5. The monoisotopic (exact) mass is 370 g/mol. The number of benzene rings is 1. The van der Waals surface area contributed by atoms with Crippen molar-refractivity contribution in [1.29, 1.82) is 0 Å². The van der Waals surface area contributed by atoms with Crippen molar-refractivity contribution in [2.45, 2.75) is 66.2 Å². The number of carbonyl (C=O) groups excluding carboxylic acids is 1. The molecule has 1 aromatic heterocycles. The highest BCUT2D eigenvalue weighted by Gasteiger charge is 2.52. The number of hydrogen-bond donors (Lipinski definition) is 2. The Balaban J connectivity index is 0.00000126. The summed E-state index contributed by atoms with van der Waals surface area (Å²) in [4.78, 5) is 15.5. The van der Waals surface area contributed by atoms with Crippen molar-refractivity contribution in [3.05, 3.63) is 53.2 Å². The maximum absolute atomic E-state index is 12.4. The summed E-state index contributed by atoms with van der Waals surface area (Å²) < 4.78 is 12.0. The van der Waals surface area contributed by atoms with Crippen LogP contribution >= 0.6 is 0 Å². The number of hydrogen-bond acceptors (Lipinski definition) is 3. The van der Waals surface area contributed by atoms with E-state index >= 15 is 0 Å². The van der Waals surface area contributed by atoms with Gasteiger partial charge in [0.1, 0.15) is 5.69 Å². The van der Waals surface area contributed by atoms with Gasteiger partial charge in [0.2, 0.25) is 0 Å². The summed E-state index contributed by atoms with van der Waals surface area (Å²) >= 11 is 0. The largest absolute Gasteiger partial charge is 0.512 e. The molecule has 0 radical (unpaired) electrons. The molecule has 5 nitrogen and oxygen atoms in total. The van der Waals surface area contributed by atoms with Crippen LogP contribution in [0, 0.1) is 6.92 Å². The maximum Gasteiger partial charge on any atom is 0.512 e. The summed E-state index contributed by atoms with van der Waals surface area (Å²) in [6.07, 6.45) is 0. The van der Waals surface area contributed by atoms with Gasteiger partial charge in [0, 0.05) is 12.1 Å². The van der Waals surface area contributed by atoms with E-state index in [0.717, 1.165) is 11.2 Å². The lowest BCUT2D eigenvalue weighted by Gasteiger charge is -2.32. The number of H-pyrrole nitrogens is 1. The third-order valence-corrected chi connectivity index (χ3v) is 5.00. The van der Waals surface area contributed by atoms with Crippen molar-refractivity contribution >= 4 is 18.6 Å². The van der Waals surface area contributed by atoms with Crippen LogP contribution in [0.5, 0.6) is 0 Å². The molecule has 1 fully saturated rings. The summed E-state index contributed by atoms with van der Waals surface area (Å²) in [7, 11) is -0.497. The summed E-state index contributed by atoms with van der Waals surface area (Å²) in [6.45, 7) is 14.5. The van der Waals surface area contributed by atoms with Gasteiger partial charge in [-0.05, 0) is 52.3 Å². The zero-order chi connectivity index (χ0) is 20.2. The van der Waals surface area contributed by atoms with Crippen LogP contribution in [0.4, 0.5) is 0 Å². The predicted octanol–water partition coefficient (Wildman–Crippen LogP) is 3.58. The van der Waals surface area contributed by atoms with E-state index in [-0.39, 0.29) is 5.91 Å². The number of aromatic amines is 1. The molecule has 2 aromatic rings. The number of carbonyl (C=O) groups is 1. The number of aryl methyl sites for hydroxylation is 1. The quantitative estimate of drug-likeness (QED) is 0.809. The smallest absolute Gasteiger partial charge is 0.398 e. The topological polar surface area (TPSA) is 63.4 Å². The average Bonchev–Trinajstić information content (AvgIpc) is 3.18. The second kappa shape index (κ2) is 8.32. The molecule has 3 rings (SSSR count). The van der Waals surface area contributed by atoms with Crippen molar-refractivity contribution in [3.63, 3.8) is 0 Å². The van der Waals surface area contributed by atoms with Crippen molar-refractivity contribution in [3.8, 4) is 0 Å². The van der Waals surface area contributed by atoms with Crippen LogP contribution in [-0.2, 0) is 15.9 Å². The predicted molar refractivity (Wildman–Crippen MR) is 110 cm³/mol. The number of amides is 1. The number of aromatic nitrogens is 1. The van der Waals surface area contributed by atoms with Crippen LogP contribution in [-0.4, -0.2) is 29.2 Å². The van der Waals surface area contributed by atoms with E-state index in [1.54, 1.807) is 6.07 Å². The van der Waals surface area contributed by atoms with Gasteiger partial charge in [-0.15, -0.1) is 0 Å². The lowest BCUT2D eigenvalue weighted by atomic mass is 9.85. The Morgan fingerprint density at radius 2 is 1.70 bits per heavy atom. The third kappa shape index (κ3) is 4.82. The first-order valence-corrected chi connectivity index (χ1v) is 9.56. The van der Waals surface area contributed by atoms with Crippen molar-refractivity contribution in [2.75, 3.05) is 0 Å². The fraction of sp³-hybridized carbons (Fsp3) is 0.476. The fourth-order valence-electron chi connectivity index (χ4n) is 2.75. The first kappa shape index (κ1) is 21.3. The van der Waals surface area contributed by atoms with Gasteiger partial charge in [-0.3, -0.25) is 4.79 Å². The molecule has 27 heavy (non-hydrogen) atoms. The molecule has 146 valence electrons. The Bertz CT molecular complexity index is 767. The van der Waals surface area contributed by atoms with E-state index in [1.807, 2.05) is 72.7 Å². The van der Waals surface area contributed by atoms with Crippen molar-refractivity contribution in [1.82, 2.24) is 10.3 Å². The van der Waals surface area contributed by atoms with E-state index in [4.69, 9.17) is 9.31 Å². The Labute approximate surface area is 163 Å². The molecular formula is C21H31BN2O3. The fourth-order valence-corrected chi connectivity index (χ4v) is 2.75.